The molecule has 10 heteroatoms. The zero-order valence-corrected chi connectivity index (χ0v) is 28.9. The van der Waals surface area contributed by atoms with Crippen molar-refractivity contribution in [2.45, 2.75) is 58.7 Å². The van der Waals surface area contributed by atoms with Gasteiger partial charge in [0.2, 0.25) is 0 Å². The smallest absolute Gasteiger partial charge is 0.306 e. The maximum atomic E-state index is 13.8. The molecule has 0 saturated heterocycles. The van der Waals surface area contributed by atoms with Gasteiger partial charge in [-0.1, -0.05) is 74.8 Å². The number of benzene rings is 3. The van der Waals surface area contributed by atoms with E-state index in [9.17, 15) is 14.7 Å². The molecule has 1 aliphatic heterocycles. The van der Waals surface area contributed by atoms with Gasteiger partial charge in [-0.3, -0.25) is 9.59 Å². The Kier molecular flexibility index (Phi) is 13.8. The summed E-state index contributed by atoms with van der Waals surface area (Å²) in [7, 11) is 3.68. The number of anilines is 1. The molecule has 0 fully saturated rings. The third kappa shape index (κ3) is 10.1. The number of para-hydroxylation sites is 1. The molecule has 0 saturated carbocycles. The average molecular weight is 674 g/mol. The third-order valence-electron chi connectivity index (χ3n) is 7.68. The quantitative estimate of drug-likeness (QED) is 0.178. The number of ether oxygens (including phenoxy) is 3. The van der Waals surface area contributed by atoms with Crippen molar-refractivity contribution in [1.82, 2.24) is 4.90 Å². The van der Waals surface area contributed by atoms with E-state index in [1.165, 1.54) is 5.56 Å². The fourth-order valence-electron chi connectivity index (χ4n) is 5.64. The molecule has 8 nitrogen and oxygen atoms in total. The number of halogens is 2. The molecular formula is C36H46Cl2N2O6. The predicted molar refractivity (Wildman–Crippen MR) is 185 cm³/mol. The maximum Gasteiger partial charge on any atom is 0.306 e. The summed E-state index contributed by atoms with van der Waals surface area (Å²) >= 11 is 6.49. The minimum Gasteiger partial charge on any atom is -0.492 e. The van der Waals surface area contributed by atoms with Crippen molar-refractivity contribution in [2.75, 3.05) is 45.3 Å². The number of carbonyl (C=O) groups excluding carboxylic acids is 1. The van der Waals surface area contributed by atoms with Crippen LogP contribution in [0.2, 0.25) is 5.02 Å². The molecule has 2 atom stereocenters. The highest BCUT2D eigenvalue weighted by atomic mass is 35.5. The first-order valence-electron chi connectivity index (χ1n) is 15.5. The summed E-state index contributed by atoms with van der Waals surface area (Å²) in [6.07, 6.45) is 0.442. The van der Waals surface area contributed by atoms with Crippen LogP contribution in [-0.4, -0.2) is 68.4 Å². The van der Waals surface area contributed by atoms with E-state index >= 15 is 0 Å². The lowest BCUT2D eigenvalue weighted by Gasteiger charge is -2.31. The average Bonchev–Trinajstić information content (AvgIpc) is 3.09. The zero-order valence-electron chi connectivity index (χ0n) is 27.3. The number of amides is 1. The minimum atomic E-state index is -1.22. The van der Waals surface area contributed by atoms with Crippen molar-refractivity contribution in [2.24, 2.45) is 5.41 Å². The van der Waals surface area contributed by atoms with Gasteiger partial charge < -0.3 is 29.1 Å². The molecule has 4 rings (SSSR count). The number of hydrogen-bond acceptors (Lipinski definition) is 6. The Labute approximate surface area is 284 Å². The van der Waals surface area contributed by atoms with E-state index in [-0.39, 0.29) is 17.8 Å². The fraction of sp³-hybridized carbons (Fsp3) is 0.444. The normalized spacial score (nSPS) is 16.4. The SMILES string of the molecule is COc1c(OCCCN(C)CCCc2ccccc2)cccc1[C@H]1O[C@H](CC(=O)O)C(=O)N(CC(C)(C)C)c2ccc(Cl)cc21.Cl. The second-order valence-electron chi connectivity index (χ2n) is 12.8. The van der Waals surface area contributed by atoms with Gasteiger partial charge in [-0.25, -0.2) is 0 Å². The second-order valence-corrected chi connectivity index (χ2v) is 13.2. The number of carboxylic acids is 1. The lowest BCUT2D eigenvalue weighted by Crippen LogP contribution is -2.44. The number of hydrogen-bond donors (Lipinski definition) is 1. The summed E-state index contributed by atoms with van der Waals surface area (Å²) in [6, 6.07) is 21.3. The van der Waals surface area contributed by atoms with Crippen LogP contribution in [0.3, 0.4) is 0 Å². The van der Waals surface area contributed by atoms with Crippen LogP contribution in [0.4, 0.5) is 5.69 Å². The molecule has 1 aliphatic rings. The van der Waals surface area contributed by atoms with E-state index in [4.69, 9.17) is 25.8 Å². The molecule has 3 aromatic rings. The van der Waals surface area contributed by atoms with Crippen molar-refractivity contribution in [1.29, 1.82) is 0 Å². The number of rotatable bonds is 14. The van der Waals surface area contributed by atoms with Crippen molar-refractivity contribution in [3.63, 3.8) is 0 Å². The number of fused-ring (bicyclic) bond motifs is 1. The van der Waals surface area contributed by atoms with Crippen LogP contribution in [0.1, 0.15) is 62.8 Å². The van der Waals surface area contributed by atoms with Crippen LogP contribution in [0.15, 0.2) is 66.7 Å². The molecule has 1 N–H and O–H groups in total. The van der Waals surface area contributed by atoms with Crippen LogP contribution in [-0.2, 0) is 20.7 Å². The molecule has 1 amide bonds. The van der Waals surface area contributed by atoms with E-state index in [1.54, 1.807) is 30.2 Å². The largest absolute Gasteiger partial charge is 0.492 e. The van der Waals surface area contributed by atoms with Crippen LogP contribution in [0, 0.1) is 5.41 Å². The second kappa shape index (κ2) is 17.0. The van der Waals surface area contributed by atoms with E-state index in [0.717, 1.165) is 32.4 Å². The van der Waals surface area contributed by atoms with Crippen LogP contribution in [0.25, 0.3) is 0 Å². The number of aliphatic carboxylic acids is 1. The summed E-state index contributed by atoms with van der Waals surface area (Å²) in [5, 5.41) is 10.2. The predicted octanol–water partition coefficient (Wildman–Crippen LogP) is 7.45. The molecule has 1 heterocycles. The van der Waals surface area contributed by atoms with Gasteiger partial charge in [0.15, 0.2) is 11.5 Å². The number of aryl methyl sites for hydroxylation is 1. The van der Waals surface area contributed by atoms with Crippen LogP contribution in [0.5, 0.6) is 11.5 Å². The summed E-state index contributed by atoms with van der Waals surface area (Å²) in [5.41, 5.74) is 2.99. The Morgan fingerprint density at radius 2 is 1.74 bits per heavy atom. The molecule has 46 heavy (non-hydrogen) atoms. The molecule has 0 spiro atoms. The Hall–Kier alpha value is -3.30. The zero-order chi connectivity index (χ0) is 32.6. The van der Waals surface area contributed by atoms with Gasteiger partial charge in [0.1, 0.15) is 12.2 Å². The summed E-state index contributed by atoms with van der Waals surface area (Å²) in [4.78, 5) is 29.6. The summed E-state index contributed by atoms with van der Waals surface area (Å²) in [6.45, 7) is 8.81. The van der Waals surface area contributed by atoms with Crippen molar-refractivity contribution >= 4 is 41.6 Å². The molecule has 250 valence electrons. The topological polar surface area (TPSA) is 88.5 Å². The van der Waals surface area contributed by atoms with Gasteiger partial charge in [-0.2, -0.15) is 0 Å². The Bertz CT molecular complexity index is 1450. The fourth-order valence-corrected chi connectivity index (χ4v) is 5.82. The molecule has 0 bridgehead atoms. The van der Waals surface area contributed by atoms with E-state index < -0.39 is 30.5 Å². The van der Waals surface area contributed by atoms with Crippen LogP contribution >= 0.6 is 24.0 Å². The number of methoxy groups -OCH3 is 1. The van der Waals surface area contributed by atoms with E-state index in [0.29, 0.717) is 46.5 Å². The Balaban J connectivity index is 0.00000576. The number of nitrogens with zero attached hydrogens (tertiary/aromatic N) is 2. The van der Waals surface area contributed by atoms with Crippen LogP contribution < -0.4 is 14.4 Å². The molecule has 0 radical (unpaired) electrons. The number of carbonyl (C=O) groups is 2. The van der Waals surface area contributed by atoms with Crippen molar-refractivity contribution in [3.8, 4) is 11.5 Å². The molecule has 0 unspecified atom stereocenters. The van der Waals surface area contributed by atoms with Gasteiger partial charge in [0.05, 0.1) is 20.1 Å². The lowest BCUT2D eigenvalue weighted by atomic mass is 9.94. The first kappa shape index (κ1) is 37.2. The minimum absolute atomic E-state index is 0. The van der Waals surface area contributed by atoms with E-state index in [2.05, 4.69) is 36.2 Å². The molecule has 3 aromatic carbocycles. The standard InChI is InChI=1S/C36H45ClN2O6.ClH/c1-36(2,3)24-39-29-18-17-26(37)22-28(29)33(45-31(35(39)42)23-32(40)41)27-15-9-16-30(34(27)43-5)44-21-11-20-38(4)19-10-14-25-12-7-6-8-13-25;/h6-9,12-13,15-18,22,31,33H,10-11,14,19-21,23-24H2,1-5H3,(H,40,41);1H/t31-,33-;/m1./s1. The first-order valence-corrected chi connectivity index (χ1v) is 15.8. The molecular weight excluding hydrogens is 627 g/mol. The van der Waals surface area contributed by atoms with Gasteiger partial charge in [-0.05, 0) is 68.1 Å². The lowest BCUT2D eigenvalue weighted by molar-refractivity contribution is -0.147. The highest BCUT2D eigenvalue weighted by molar-refractivity contribution is 6.30. The summed E-state index contributed by atoms with van der Waals surface area (Å²) < 4.78 is 18.5. The molecule has 0 aromatic heterocycles. The monoisotopic (exact) mass is 672 g/mol. The highest BCUT2D eigenvalue weighted by Crippen LogP contribution is 2.45. The Morgan fingerprint density at radius 1 is 1.02 bits per heavy atom. The molecule has 0 aliphatic carbocycles. The van der Waals surface area contributed by atoms with Gasteiger partial charge in [0.25, 0.3) is 5.91 Å². The third-order valence-corrected chi connectivity index (χ3v) is 7.92. The Morgan fingerprint density at radius 3 is 2.41 bits per heavy atom. The maximum absolute atomic E-state index is 13.8. The van der Waals surface area contributed by atoms with Crippen molar-refractivity contribution in [3.05, 3.63) is 88.4 Å². The first-order chi connectivity index (χ1) is 21.5. The van der Waals surface area contributed by atoms with Crippen molar-refractivity contribution < 1.29 is 28.9 Å². The van der Waals surface area contributed by atoms with E-state index in [1.807, 2.05) is 45.0 Å². The van der Waals surface area contributed by atoms with Gasteiger partial charge in [0, 0.05) is 34.9 Å². The highest BCUT2D eigenvalue weighted by Gasteiger charge is 2.40. The number of carboxylic acid groups (broad SMARTS) is 1. The summed E-state index contributed by atoms with van der Waals surface area (Å²) in [5.74, 6) is -0.514. The van der Waals surface area contributed by atoms with Gasteiger partial charge >= 0.3 is 5.97 Å². The van der Waals surface area contributed by atoms with Gasteiger partial charge in [-0.15, -0.1) is 12.4 Å².